The van der Waals surface area contributed by atoms with Gasteiger partial charge in [0.25, 0.3) is 11.8 Å². The minimum Gasteiger partial charge on any atom is -0.287 e. The molecule has 3 rings (SSSR count). The van der Waals surface area contributed by atoms with Crippen LogP contribution in [0.4, 0.5) is 18.9 Å². The van der Waals surface area contributed by atoms with Crippen molar-refractivity contribution in [2.45, 2.75) is 18.6 Å². The summed E-state index contributed by atoms with van der Waals surface area (Å²) in [6.45, 7) is 0. The first-order valence-electron chi connectivity index (χ1n) is 7.77. The maximum absolute atomic E-state index is 12.8. The molecule has 0 aliphatic carbocycles. The Morgan fingerprint density at radius 1 is 1.19 bits per heavy atom. The van der Waals surface area contributed by atoms with Gasteiger partial charge in [0.05, 0.1) is 23.2 Å². The van der Waals surface area contributed by atoms with Crippen LogP contribution in [0.5, 0.6) is 0 Å². The summed E-state index contributed by atoms with van der Waals surface area (Å²) >= 11 is 0. The molecule has 1 fully saturated rings. The van der Waals surface area contributed by atoms with Crippen LogP contribution in [-0.2, 0) is 15.8 Å². The van der Waals surface area contributed by atoms with Gasteiger partial charge in [-0.1, -0.05) is 6.07 Å². The fraction of sp³-hybridized carbons (Fsp3) is 0.176. The van der Waals surface area contributed by atoms with Crippen LogP contribution in [0.15, 0.2) is 48.8 Å². The summed E-state index contributed by atoms with van der Waals surface area (Å²) in [5.41, 5.74) is 3.82. The predicted octanol–water partition coefficient (Wildman–Crippen LogP) is 1.67. The number of aromatic nitrogens is 1. The van der Waals surface area contributed by atoms with Crippen LogP contribution in [0, 0.1) is 0 Å². The molecular weight excluding hydrogens is 365 g/mol. The second-order valence-corrected chi connectivity index (χ2v) is 5.71. The highest BCUT2D eigenvalue weighted by atomic mass is 19.4. The molecule has 10 heteroatoms. The third-order valence-electron chi connectivity index (χ3n) is 3.86. The molecule has 7 nitrogen and oxygen atoms in total. The number of nitrogens with one attached hydrogen (secondary N) is 2. The van der Waals surface area contributed by atoms with Crippen LogP contribution in [0.2, 0.25) is 0 Å². The number of amides is 3. The Morgan fingerprint density at radius 3 is 2.63 bits per heavy atom. The Hall–Kier alpha value is -3.27. The van der Waals surface area contributed by atoms with Crippen LogP contribution >= 0.6 is 0 Å². The molecule has 140 valence electrons. The molecule has 0 bridgehead atoms. The lowest BCUT2D eigenvalue weighted by Crippen LogP contribution is -2.48. The second-order valence-electron chi connectivity index (χ2n) is 5.71. The number of imide groups is 1. The Morgan fingerprint density at radius 2 is 1.96 bits per heavy atom. The number of nitrogens with zero attached hydrogens (tertiary/aromatic N) is 2. The molecule has 2 N–H and O–H groups in total. The number of hydrogen-bond donors (Lipinski definition) is 2. The van der Waals surface area contributed by atoms with Gasteiger partial charge in [0.2, 0.25) is 5.91 Å². The van der Waals surface area contributed by atoms with Gasteiger partial charge in [-0.3, -0.25) is 24.8 Å². The van der Waals surface area contributed by atoms with Crippen LogP contribution in [0.25, 0.3) is 0 Å². The standard InChI is InChI=1S/C17H13F3N4O3/c18-17(19,20)11-4-1-5-12(7-11)24-14(25)8-13(16(24)27)22-23-15(26)10-3-2-6-21-9-10/h1-7,9,13,22H,8H2,(H,23,26). The van der Waals surface area contributed by atoms with E-state index in [1.807, 2.05) is 0 Å². The quantitative estimate of drug-likeness (QED) is 0.624. The predicted molar refractivity (Wildman–Crippen MR) is 87.2 cm³/mol. The number of carbonyl (C=O) groups excluding carboxylic acids is 3. The molecule has 3 amide bonds. The fourth-order valence-electron chi connectivity index (χ4n) is 2.56. The molecule has 1 aromatic heterocycles. The number of halogens is 3. The Kier molecular flexibility index (Phi) is 4.91. The molecule has 2 aromatic rings. The van der Waals surface area contributed by atoms with Gasteiger partial charge in [-0.15, -0.1) is 0 Å². The highest BCUT2D eigenvalue weighted by molar-refractivity contribution is 6.22. The average Bonchev–Trinajstić information content (AvgIpc) is 2.93. The number of alkyl halides is 3. The molecule has 1 aliphatic heterocycles. The van der Waals surface area contributed by atoms with E-state index in [9.17, 15) is 27.6 Å². The third-order valence-corrected chi connectivity index (χ3v) is 3.86. The van der Waals surface area contributed by atoms with Gasteiger partial charge < -0.3 is 0 Å². The second kappa shape index (κ2) is 7.16. The summed E-state index contributed by atoms with van der Waals surface area (Å²) in [4.78, 5) is 41.0. The molecule has 0 radical (unpaired) electrons. The number of pyridine rings is 1. The maximum Gasteiger partial charge on any atom is 0.416 e. The van der Waals surface area contributed by atoms with Gasteiger partial charge in [-0.25, -0.2) is 10.3 Å². The Balaban J connectivity index is 1.71. The fourth-order valence-corrected chi connectivity index (χ4v) is 2.56. The molecular formula is C17H13F3N4O3. The van der Waals surface area contributed by atoms with Crippen LogP contribution < -0.4 is 15.8 Å². The molecule has 1 aromatic carbocycles. The van der Waals surface area contributed by atoms with Crippen LogP contribution in [0.3, 0.4) is 0 Å². The van der Waals surface area contributed by atoms with Crippen molar-refractivity contribution in [3.05, 3.63) is 59.9 Å². The normalized spacial score (nSPS) is 17.3. The van der Waals surface area contributed by atoms with Gasteiger partial charge in [-0.05, 0) is 30.3 Å². The van der Waals surface area contributed by atoms with E-state index >= 15 is 0 Å². The lowest BCUT2D eigenvalue weighted by atomic mass is 10.2. The molecule has 0 saturated carbocycles. The highest BCUT2D eigenvalue weighted by Gasteiger charge is 2.40. The van der Waals surface area contributed by atoms with Crippen LogP contribution in [-0.4, -0.2) is 28.7 Å². The molecule has 2 heterocycles. The van der Waals surface area contributed by atoms with Crippen molar-refractivity contribution in [3.63, 3.8) is 0 Å². The topological polar surface area (TPSA) is 91.4 Å². The maximum atomic E-state index is 12.8. The lowest BCUT2D eigenvalue weighted by molar-refractivity contribution is -0.137. The number of benzene rings is 1. The zero-order valence-corrected chi connectivity index (χ0v) is 13.7. The first-order chi connectivity index (χ1) is 12.8. The number of hydrogen-bond acceptors (Lipinski definition) is 5. The van der Waals surface area contributed by atoms with Gasteiger partial charge in [0.15, 0.2) is 0 Å². The van der Waals surface area contributed by atoms with E-state index in [0.29, 0.717) is 4.90 Å². The zero-order valence-electron chi connectivity index (χ0n) is 13.7. The van der Waals surface area contributed by atoms with Crippen molar-refractivity contribution in [1.82, 2.24) is 15.8 Å². The first kappa shape index (κ1) is 18.5. The van der Waals surface area contributed by atoms with Crippen molar-refractivity contribution in [3.8, 4) is 0 Å². The SMILES string of the molecule is O=C(NNC1CC(=O)N(c2cccc(C(F)(F)F)c2)C1=O)c1cccnc1. The molecule has 0 spiro atoms. The smallest absolute Gasteiger partial charge is 0.287 e. The van der Waals surface area contributed by atoms with Gasteiger partial charge in [0.1, 0.15) is 6.04 Å². The summed E-state index contributed by atoms with van der Waals surface area (Å²) < 4.78 is 38.5. The van der Waals surface area contributed by atoms with Gasteiger partial charge in [-0.2, -0.15) is 13.2 Å². The highest BCUT2D eigenvalue weighted by Crippen LogP contribution is 2.32. The van der Waals surface area contributed by atoms with E-state index < -0.39 is 35.5 Å². The first-order valence-corrected chi connectivity index (χ1v) is 7.77. The Labute approximate surface area is 151 Å². The van der Waals surface area contributed by atoms with Crippen molar-refractivity contribution in [1.29, 1.82) is 0 Å². The van der Waals surface area contributed by atoms with E-state index in [1.54, 1.807) is 6.07 Å². The third kappa shape index (κ3) is 3.95. The van der Waals surface area contributed by atoms with Crippen molar-refractivity contribution in [2.24, 2.45) is 0 Å². The number of hydrazine groups is 1. The van der Waals surface area contributed by atoms with Crippen LogP contribution in [0.1, 0.15) is 22.3 Å². The van der Waals surface area contributed by atoms with Gasteiger partial charge >= 0.3 is 6.18 Å². The zero-order chi connectivity index (χ0) is 19.6. The average molecular weight is 378 g/mol. The summed E-state index contributed by atoms with van der Waals surface area (Å²) in [6.07, 6.45) is -2.11. The van der Waals surface area contributed by atoms with E-state index in [4.69, 9.17) is 0 Å². The Bertz CT molecular complexity index is 886. The molecule has 1 saturated heterocycles. The largest absolute Gasteiger partial charge is 0.416 e. The molecule has 1 unspecified atom stereocenters. The molecule has 1 aliphatic rings. The van der Waals surface area contributed by atoms with E-state index in [-0.39, 0.29) is 17.7 Å². The lowest BCUT2D eigenvalue weighted by Gasteiger charge is -2.17. The van der Waals surface area contributed by atoms with E-state index in [1.165, 1.54) is 24.5 Å². The number of carbonyl (C=O) groups is 3. The number of rotatable bonds is 4. The van der Waals surface area contributed by atoms with Gasteiger partial charge in [0, 0.05) is 12.4 Å². The minimum atomic E-state index is -4.60. The summed E-state index contributed by atoms with van der Waals surface area (Å²) in [5, 5.41) is 0. The monoisotopic (exact) mass is 378 g/mol. The minimum absolute atomic E-state index is 0.178. The molecule has 27 heavy (non-hydrogen) atoms. The van der Waals surface area contributed by atoms with E-state index in [2.05, 4.69) is 15.8 Å². The summed E-state index contributed by atoms with van der Waals surface area (Å²) in [5.74, 6) is -2.00. The van der Waals surface area contributed by atoms with E-state index in [0.717, 1.165) is 18.2 Å². The summed E-state index contributed by atoms with van der Waals surface area (Å²) in [6, 6.07) is 5.89. The van der Waals surface area contributed by atoms with Crippen molar-refractivity contribution >= 4 is 23.4 Å². The summed E-state index contributed by atoms with van der Waals surface area (Å²) in [7, 11) is 0. The van der Waals surface area contributed by atoms with Crippen molar-refractivity contribution < 1.29 is 27.6 Å². The van der Waals surface area contributed by atoms with Crippen molar-refractivity contribution in [2.75, 3.05) is 4.90 Å². The molecule has 1 atom stereocenters. The number of anilines is 1.